The van der Waals surface area contributed by atoms with Crippen LogP contribution in [0.15, 0.2) is 5.38 Å². The predicted octanol–water partition coefficient (Wildman–Crippen LogP) is 2.22. The zero-order valence-corrected chi connectivity index (χ0v) is 11.3. The lowest BCUT2D eigenvalue weighted by atomic mass is 9.95. The zero-order chi connectivity index (χ0) is 12.5. The molecule has 0 saturated carbocycles. The van der Waals surface area contributed by atoms with Gasteiger partial charge in [-0.2, -0.15) is 0 Å². The van der Waals surface area contributed by atoms with E-state index in [1.54, 1.807) is 11.3 Å². The van der Waals surface area contributed by atoms with Gasteiger partial charge in [0.05, 0.1) is 11.7 Å². The van der Waals surface area contributed by atoms with E-state index in [0.717, 1.165) is 31.2 Å². The average Bonchev–Trinajstić information content (AvgIpc) is 2.82. The second-order valence-corrected chi connectivity index (χ2v) is 6.25. The number of aryl methyl sites for hydroxylation is 1. The number of amides is 1. The molecule has 1 aromatic heterocycles. The molecule has 2 heterocycles. The highest BCUT2D eigenvalue weighted by Gasteiger charge is 2.26. The van der Waals surface area contributed by atoms with Crippen LogP contribution in [-0.2, 0) is 12.8 Å². The van der Waals surface area contributed by atoms with E-state index in [9.17, 15) is 9.90 Å². The lowest BCUT2D eigenvalue weighted by Crippen LogP contribution is -2.40. The molecule has 0 spiro atoms. The number of carbonyl (C=O) groups excluding carboxylic acids is 1. The first kappa shape index (κ1) is 12.2. The minimum Gasteiger partial charge on any atom is -0.393 e. The Labute approximate surface area is 111 Å². The summed E-state index contributed by atoms with van der Waals surface area (Å²) in [5.41, 5.74) is 2.24. The Hall–Kier alpha value is -0.870. The average molecular weight is 265 g/mol. The fraction of sp³-hybridized carbons (Fsp3) is 0.643. The van der Waals surface area contributed by atoms with Crippen LogP contribution >= 0.6 is 11.3 Å². The number of piperidine rings is 1. The molecule has 1 aliphatic heterocycles. The molecule has 3 nitrogen and oxygen atoms in total. The van der Waals surface area contributed by atoms with Gasteiger partial charge in [0.15, 0.2) is 0 Å². The third-order valence-corrected chi connectivity index (χ3v) is 5.13. The van der Waals surface area contributed by atoms with Gasteiger partial charge < -0.3 is 10.0 Å². The van der Waals surface area contributed by atoms with Gasteiger partial charge in [-0.25, -0.2) is 0 Å². The molecule has 1 fully saturated rings. The second kappa shape index (κ2) is 5.02. The van der Waals surface area contributed by atoms with Gasteiger partial charge in [-0.05, 0) is 44.1 Å². The van der Waals surface area contributed by atoms with E-state index in [4.69, 9.17) is 0 Å². The predicted molar refractivity (Wildman–Crippen MR) is 72.1 cm³/mol. The first-order valence-electron chi connectivity index (χ1n) is 6.82. The van der Waals surface area contributed by atoms with E-state index in [2.05, 4.69) is 0 Å². The summed E-state index contributed by atoms with van der Waals surface area (Å²) in [4.78, 5) is 15.8. The Morgan fingerprint density at radius 3 is 2.78 bits per heavy atom. The fourth-order valence-electron chi connectivity index (χ4n) is 2.91. The van der Waals surface area contributed by atoms with Crippen LogP contribution in [0.25, 0.3) is 0 Å². The third kappa shape index (κ3) is 2.19. The monoisotopic (exact) mass is 265 g/mol. The number of aliphatic hydroxyl groups excluding tert-OH is 1. The molecule has 1 aliphatic carbocycles. The van der Waals surface area contributed by atoms with Gasteiger partial charge in [-0.15, -0.1) is 11.3 Å². The van der Waals surface area contributed by atoms with Crippen LogP contribution in [0.5, 0.6) is 0 Å². The maximum Gasteiger partial charge on any atom is 0.254 e. The maximum absolute atomic E-state index is 12.5. The quantitative estimate of drug-likeness (QED) is 0.846. The fourth-order valence-corrected chi connectivity index (χ4v) is 4.03. The van der Waals surface area contributed by atoms with E-state index in [1.165, 1.54) is 23.3 Å². The molecule has 0 atom stereocenters. The normalized spacial score (nSPS) is 20.8. The number of nitrogens with zero attached hydrogens (tertiary/aromatic N) is 1. The van der Waals surface area contributed by atoms with E-state index in [1.807, 2.05) is 10.3 Å². The molecule has 0 radical (unpaired) electrons. The van der Waals surface area contributed by atoms with Gasteiger partial charge in [-0.3, -0.25) is 4.79 Å². The Morgan fingerprint density at radius 2 is 2.00 bits per heavy atom. The summed E-state index contributed by atoms with van der Waals surface area (Å²) in [6.45, 7) is 1.40. The third-order valence-electron chi connectivity index (χ3n) is 4.04. The number of carbonyl (C=O) groups is 1. The number of fused-ring (bicyclic) bond motifs is 1. The number of hydrogen-bond donors (Lipinski definition) is 1. The van der Waals surface area contributed by atoms with Crippen molar-refractivity contribution < 1.29 is 9.90 Å². The highest BCUT2D eigenvalue weighted by molar-refractivity contribution is 7.10. The summed E-state index contributed by atoms with van der Waals surface area (Å²) in [6.07, 6.45) is 5.91. The summed E-state index contributed by atoms with van der Waals surface area (Å²) in [7, 11) is 0. The van der Waals surface area contributed by atoms with Crippen LogP contribution in [-0.4, -0.2) is 35.1 Å². The van der Waals surface area contributed by atoms with E-state index < -0.39 is 0 Å². The van der Waals surface area contributed by atoms with Crippen molar-refractivity contribution in [2.75, 3.05) is 13.1 Å². The molecule has 2 aliphatic rings. The van der Waals surface area contributed by atoms with E-state index in [0.29, 0.717) is 13.1 Å². The first-order chi connectivity index (χ1) is 8.75. The van der Waals surface area contributed by atoms with Crippen molar-refractivity contribution in [3.63, 3.8) is 0 Å². The van der Waals surface area contributed by atoms with Gasteiger partial charge in [0.1, 0.15) is 0 Å². The molecule has 0 aromatic carbocycles. The minimum absolute atomic E-state index is 0.182. The molecule has 3 rings (SSSR count). The number of likely N-dealkylation sites (tertiary alicyclic amines) is 1. The highest BCUT2D eigenvalue weighted by Crippen LogP contribution is 2.31. The van der Waals surface area contributed by atoms with Crippen molar-refractivity contribution in [2.45, 2.75) is 44.6 Å². The molecule has 1 aromatic rings. The molecular weight excluding hydrogens is 246 g/mol. The molecular formula is C14H19NO2S. The van der Waals surface area contributed by atoms with Gasteiger partial charge >= 0.3 is 0 Å². The SMILES string of the molecule is O=C(c1csc2c1CCCC2)N1CCC(O)CC1. The van der Waals surface area contributed by atoms with Gasteiger partial charge in [0.25, 0.3) is 5.91 Å². The van der Waals surface area contributed by atoms with Crippen molar-refractivity contribution in [3.05, 3.63) is 21.4 Å². The van der Waals surface area contributed by atoms with Crippen molar-refractivity contribution in [3.8, 4) is 0 Å². The topological polar surface area (TPSA) is 40.5 Å². The van der Waals surface area contributed by atoms with Crippen LogP contribution in [0.4, 0.5) is 0 Å². The summed E-state index contributed by atoms with van der Waals surface area (Å²) in [5.74, 6) is 0.182. The minimum atomic E-state index is -0.217. The largest absolute Gasteiger partial charge is 0.393 e. The zero-order valence-electron chi connectivity index (χ0n) is 10.5. The standard InChI is InChI=1S/C14H19NO2S/c16-10-5-7-15(8-6-10)14(17)12-9-18-13-4-2-1-3-11(12)13/h9-10,16H,1-8H2. The summed E-state index contributed by atoms with van der Waals surface area (Å²) in [6, 6.07) is 0. The lowest BCUT2D eigenvalue weighted by molar-refractivity contribution is 0.0546. The van der Waals surface area contributed by atoms with Gasteiger partial charge in [0, 0.05) is 23.3 Å². The molecule has 4 heteroatoms. The summed E-state index contributed by atoms with van der Waals surface area (Å²) < 4.78 is 0. The Morgan fingerprint density at radius 1 is 1.28 bits per heavy atom. The lowest BCUT2D eigenvalue weighted by Gasteiger charge is -2.30. The van der Waals surface area contributed by atoms with Crippen LogP contribution in [0, 0.1) is 0 Å². The summed E-state index contributed by atoms with van der Waals surface area (Å²) >= 11 is 1.75. The first-order valence-corrected chi connectivity index (χ1v) is 7.70. The number of aliphatic hydroxyl groups is 1. The van der Waals surface area contributed by atoms with Crippen LogP contribution in [0.3, 0.4) is 0 Å². The Balaban J connectivity index is 1.78. The number of thiophene rings is 1. The maximum atomic E-state index is 12.5. The van der Waals surface area contributed by atoms with E-state index >= 15 is 0 Å². The highest BCUT2D eigenvalue weighted by atomic mass is 32.1. The van der Waals surface area contributed by atoms with Crippen LogP contribution in [0.2, 0.25) is 0 Å². The van der Waals surface area contributed by atoms with E-state index in [-0.39, 0.29) is 12.0 Å². The Bertz CT molecular complexity index is 447. The number of hydrogen-bond acceptors (Lipinski definition) is 3. The molecule has 98 valence electrons. The molecule has 1 saturated heterocycles. The molecule has 18 heavy (non-hydrogen) atoms. The van der Waals surface area contributed by atoms with Crippen molar-refractivity contribution in [2.24, 2.45) is 0 Å². The second-order valence-electron chi connectivity index (χ2n) is 5.28. The van der Waals surface area contributed by atoms with Crippen LogP contribution < -0.4 is 0 Å². The van der Waals surface area contributed by atoms with Crippen molar-refractivity contribution >= 4 is 17.2 Å². The number of rotatable bonds is 1. The van der Waals surface area contributed by atoms with Crippen molar-refractivity contribution in [1.82, 2.24) is 4.90 Å². The molecule has 1 N–H and O–H groups in total. The van der Waals surface area contributed by atoms with Gasteiger partial charge in [0.2, 0.25) is 0 Å². The molecule has 0 bridgehead atoms. The summed E-state index contributed by atoms with van der Waals surface area (Å²) in [5, 5.41) is 11.5. The van der Waals surface area contributed by atoms with Crippen LogP contribution in [0.1, 0.15) is 46.5 Å². The molecule has 0 unspecified atom stereocenters. The Kier molecular flexibility index (Phi) is 3.39. The van der Waals surface area contributed by atoms with Crippen molar-refractivity contribution in [1.29, 1.82) is 0 Å². The smallest absolute Gasteiger partial charge is 0.254 e. The molecule has 1 amide bonds. The van der Waals surface area contributed by atoms with Gasteiger partial charge in [-0.1, -0.05) is 0 Å².